The smallest absolute Gasteiger partial charge is 0.279 e. The highest BCUT2D eigenvalue weighted by molar-refractivity contribution is 7.98. The number of benzene rings is 2. The second kappa shape index (κ2) is 7.58. The predicted molar refractivity (Wildman–Crippen MR) is 117 cm³/mol. The molecule has 0 spiro atoms. The maximum atomic E-state index is 12.8. The molecule has 138 valence electrons. The largest absolute Gasteiger partial charge is 0.315 e. The summed E-state index contributed by atoms with van der Waals surface area (Å²) in [6.07, 6.45) is 2.10. The number of aromatic nitrogens is 2. The zero-order chi connectivity index (χ0) is 19.0. The molecule has 0 saturated heterocycles. The van der Waals surface area contributed by atoms with Crippen molar-refractivity contribution in [1.82, 2.24) is 9.55 Å². The number of aryl methyl sites for hydroxylation is 3. The molecule has 0 aliphatic carbocycles. The lowest BCUT2D eigenvalue weighted by Crippen LogP contribution is -2.18. The van der Waals surface area contributed by atoms with Gasteiger partial charge in [-0.25, -0.2) is 4.98 Å². The Morgan fingerprint density at radius 2 is 2.11 bits per heavy atom. The van der Waals surface area contributed by atoms with Crippen LogP contribution >= 0.6 is 34.4 Å². The number of thiazole rings is 2. The van der Waals surface area contributed by atoms with Crippen molar-refractivity contribution in [3.63, 3.8) is 0 Å². The van der Waals surface area contributed by atoms with Gasteiger partial charge in [-0.05, 0) is 55.5 Å². The standard InChI is InChI=1S/C20H19N3OS3/c1-12-8-13(2)18-16(9-12)23(6-7-25-3)20(27-18)22-19(24)14-4-5-15-17(10-14)26-11-21-15/h4-5,8-11H,6-7H2,1-3H3. The van der Waals surface area contributed by atoms with Crippen molar-refractivity contribution in [3.05, 3.63) is 57.3 Å². The fourth-order valence-corrected chi connectivity index (χ4v) is 5.32. The molecular formula is C20H19N3OS3. The van der Waals surface area contributed by atoms with Crippen LogP contribution in [-0.2, 0) is 6.54 Å². The monoisotopic (exact) mass is 413 g/mol. The minimum absolute atomic E-state index is 0.205. The van der Waals surface area contributed by atoms with Crippen molar-refractivity contribution < 1.29 is 4.79 Å². The highest BCUT2D eigenvalue weighted by Crippen LogP contribution is 2.24. The molecule has 4 nitrogen and oxygen atoms in total. The molecule has 0 aliphatic rings. The van der Waals surface area contributed by atoms with Crippen molar-refractivity contribution >= 4 is 60.8 Å². The molecule has 2 aromatic heterocycles. The van der Waals surface area contributed by atoms with Gasteiger partial charge in [0.25, 0.3) is 5.91 Å². The fourth-order valence-electron chi connectivity index (χ4n) is 3.14. The van der Waals surface area contributed by atoms with Gasteiger partial charge in [-0.1, -0.05) is 17.4 Å². The molecule has 0 fully saturated rings. The average molecular weight is 414 g/mol. The zero-order valence-electron chi connectivity index (χ0n) is 15.4. The van der Waals surface area contributed by atoms with Crippen molar-refractivity contribution in [2.75, 3.05) is 12.0 Å². The summed E-state index contributed by atoms with van der Waals surface area (Å²) >= 11 is 4.93. The summed E-state index contributed by atoms with van der Waals surface area (Å²) in [6.45, 7) is 5.06. The third kappa shape index (κ3) is 3.59. The number of hydrogen-bond donors (Lipinski definition) is 0. The number of rotatable bonds is 4. The normalized spacial score (nSPS) is 12.3. The summed E-state index contributed by atoms with van der Waals surface area (Å²) in [5.74, 6) is 0.775. The van der Waals surface area contributed by atoms with Crippen LogP contribution in [0.2, 0.25) is 0 Å². The van der Waals surface area contributed by atoms with Gasteiger partial charge in [-0.15, -0.1) is 11.3 Å². The van der Waals surface area contributed by atoms with Crippen LogP contribution in [0, 0.1) is 13.8 Å². The lowest BCUT2D eigenvalue weighted by molar-refractivity contribution is 0.0998. The number of amides is 1. The van der Waals surface area contributed by atoms with Crippen molar-refractivity contribution in [1.29, 1.82) is 0 Å². The number of carbonyl (C=O) groups excluding carboxylic acids is 1. The zero-order valence-corrected chi connectivity index (χ0v) is 17.8. The Balaban J connectivity index is 1.85. The van der Waals surface area contributed by atoms with Crippen LogP contribution in [0.15, 0.2) is 40.8 Å². The van der Waals surface area contributed by atoms with E-state index in [-0.39, 0.29) is 5.91 Å². The van der Waals surface area contributed by atoms with E-state index in [2.05, 4.69) is 46.8 Å². The molecule has 2 aromatic carbocycles. The first kappa shape index (κ1) is 18.4. The third-order valence-electron chi connectivity index (χ3n) is 4.41. The molecule has 0 radical (unpaired) electrons. The molecule has 0 N–H and O–H groups in total. The Hall–Kier alpha value is -1.96. The van der Waals surface area contributed by atoms with Crippen molar-refractivity contribution in [2.24, 2.45) is 4.99 Å². The minimum Gasteiger partial charge on any atom is -0.315 e. The van der Waals surface area contributed by atoms with Crippen LogP contribution < -0.4 is 4.80 Å². The first-order chi connectivity index (χ1) is 13.1. The van der Waals surface area contributed by atoms with E-state index >= 15 is 0 Å². The van der Waals surface area contributed by atoms with Crippen LogP contribution in [0.5, 0.6) is 0 Å². The summed E-state index contributed by atoms with van der Waals surface area (Å²) in [7, 11) is 0. The van der Waals surface area contributed by atoms with Gasteiger partial charge in [0.15, 0.2) is 4.80 Å². The summed E-state index contributed by atoms with van der Waals surface area (Å²) in [5, 5.41) is 0. The van der Waals surface area contributed by atoms with Crippen LogP contribution in [0.4, 0.5) is 0 Å². The van der Waals surface area contributed by atoms with Crippen molar-refractivity contribution in [2.45, 2.75) is 20.4 Å². The van der Waals surface area contributed by atoms with Gasteiger partial charge >= 0.3 is 0 Å². The Bertz CT molecular complexity index is 1220. The van der Waals surface area contributed by atoms with Gasteiger partial charge in [0.2, 0.25) is 0 Å². The summed E-state index contributed by atoms with van der Waals surface area (Å²) in [5.41, 5.74) is 6.94. The molecule has 0 unspecified atom stereocenters. The summed E-state index contributed by atoms with van der Waals surface area (Å²) in [4.78, 5) is 22.4. The van der Waals surface area contributed by atoms with E-state index < -0.39 is 0 Å². The number of nitrogens with zero attached hydrogens (tertiary/aromatic N) is 3. The van der Waals surface area contributed by atoms with Gasteiger partial charge in [0.05, 0.1) is 25.9 Å². The minimum atomic E-state index is -0.205. The van der Waals surface area contributed by atoms with E-state index in [9.17, 15) is 4.79 Å². The molecule has 0 bridgehead atoms. The van der Waals surface area contributed by atoms with Crippen LogP contribution in [-0.4, -0.2) is 27.5 Å². The molecule has 7 heteroatoms. The molecule has 4 aromatic rings. The van der Waals surface area contributed by atoms with Crippen LogP contribution in [0.1, 0.15) is 21.5 Å². The first-order valence-corrected chi connectivity index (χ1v) is 11.7. The number of thioether (sulfide) groups is 1. The average Bonchev–Trinajstić information content (AvgIpc) is 3.24. The fraction of sp³-hybridized carbons (Fsp3) is 0.250. The molecular weight excluding hydrogens is 394 g/mol. The van der Waals surface area contributed by atoms with E-state index in [1.807, 2.05) is 18.2 Å². The molecule has 0 atom stereocenters. The summed E-state index contributed by atoms with van der Waals surface area (Å²) < 4.78 is 4.39. The highest BCUT2D eigenvalue weighted by Gasteiger charge is 2.12. The SMILES string of the molecule is CSCCn1c(=NC(=O)c2ccc3ncsc3c2)sc2c(C)cc(C)cc21. The second-order valence-corrected chi connectivity index (χ2v) is 9.26. The Kier molecular flexibility index (Phi) is 5.16. The quantitative estimate of drug-likeness (QED) is 0.471. The second-order valence-electron chi connectivity index (χ2n) is 6.41. The maximum Gasteiger partial charge on any atom is 0.279 e. The van der Waals surface area contributed by atoms with Gasteiger partial charge in [0.1, 0.15) is 0 Å². The van der Waals surface area contributed by atoms with Crippen LogP contribution in [0.25, 0.3) is 20.4 Å². The lowest BCUT2D eigenvalue weighted by atomic mass is 10.1. The third-order valence-corrected chi connectivity index (χ3v) is 7.02. The number of fused-ring (bicyclic) bond motifs is 2. The predicted octanol–water partition coefficient (Wildman–Crippen LogP) is 5.03. The van der Waals surface area contributed by atoms with E-state index in [0.29, 0.717) is 5.56 Å². The number of hydrogen-bond acceptors (Lipinski definition) is 5. The maximum absolute atomic E-state index is 12.8. The Morgan fingerprint density at radius 1 is 1.26 bits per heavy atom. The van der Waals surface area contributed by atoms with Gasteiger partial charge in [-0.2, -0.15) is 16.8 Å². The molecule has 2 heterocycles. The lowest BCUT2D eigenvalue weighted by Gasteiger charge is -2.05. The Morgan fingerprint density at radius 3 is 2.93 bits per heavy atom. The van der Waals surface area contributed by atoms with Gasteiger partial charge in [0, 0.05) is 17.9 Å². The van der Waals surface area contributed by atoms with E-state index in [1.54, 1.807) is 28.6 Å². The molecule has 27 heavy (non-hydrogen) atoms. The Labute approximate surface area is 169 Å². The van der Waals surface area contributed by atoms with Gasteiger partial charge in [-0.3, -0.25) is 4.79 Å². The van der Waals surface area contributed by atoms with E-state index in [0.717, 1.165) is 32.8 Å². The molecule has 1 amide bonds. The highest BCUT2D eigenvalue weighted by atomic mass is 32.2. The molecule has 4 rings (SSSR count). The first-order valence-electron chi connectivity index (χ1n) is 8.58. The van der Waals surface area contributed by atoms with E-state index in [4.69, 9.17) is 0 Å². The van der Waals surface area contributed by atoms with Gasteiger partial charge < -0.3 is 4.57 Å². The van der Waals surface area contributed by atoms with Crippen LogP contribution in [0.3, 0.4) is 0 Å². The summed E-state index contributed by atoms with van der Waals surface area (Å²) in [6, 6.07) is 9.94. The topological polar surface area (TPSA) is 47.2 Å². The molecule has 0 aliphatic heterocycles. The molecule has 0 saturated carbocycles. The van der Waals surface area contributed by atoms with E-state index in [1.165, 1.54) is 27.2 Å². The number of carbonyl (C=O) groups is 1. The van der Waals surface area contributed by atoms with Crippen molar-refractivity contribution in [3.8, 4) is 0 Å².